The molecule has 2 aliphatic rings. The number of aliphatic hydroxyl groups excluding tert-OH is 1. The highest BCUT2D eigenvalue weighted by Gasteiger charge is 2.60. The third-order valence-electron chi connectivity index (χ3n) is 3.28. The summed E-state index contributed by atoms with van der Waals surface area (Å²) in [5, 5.41) is 9.39. The van der Waals surface area contributed by atoms with Crippen molar-refractivity contribution in [2.45, 2.75) is 38.7 Å². The van der Waals surface area contributed by atoms with E-state index in [1.54, 1.807) is 0 Å². The summed E-state index contributed by atoms with van der Waals surface area (Å²) >= 11 is 0. The molecule has 1 heteroatoms. The fraction of sp³-hybridized carbons (Fsp3) is 1.00. The van der Waals surface area contributed by atoms with Gasteiger partial charge in [-0.1, -0.05) is 19.8 Å². The third-order valence-corrected chi connectivity index (χ3v) is 3.28. The molecule has 0 aromatic carbocycles. The van der Waals surface area contributed by atoms with Gasteiger partial charge in [-0.2, -0.15) is 0 Å². The highest BCUT2D eigenvalue weighted by Crippen LogP contribution is 2.60. The number of fused-ring (bicyclic) bond motifs is 1. The minimum Gasteiger partial charge on any atom is -0.392 e. The standard InChI is InChI=1S/C8H14O/c1-8-5-3-2-4-6(8)7(8)9/h6-7,9H,2-5H2,1H3. The first-order valence-corrected chi connectivity index (χ1v) is 3.93. The van der Waals surface area contributed by atoms with Gasteiger partial charge in [0.1, 0.15) is 0 Å². The smallest absolute Gasteiger partial charge is 0.0631 e. The highest BCUT2D eigenvalue weighted by molar-refractivity contribution is 5.09. The van der Waals surface area contributed by atoms with Crippen LogP contribution >= 0.6 is 0 Å². The molecule has 0 aliphatic heterocycles. The molecule has 2 aliphatic carbocycles. The SMILES string of the molecule is CC12CCCCC1C2O. The molecule has 0 radical (unpaired) electrons. The second kappa shape index (κ2) is 1.51. The molecule has 0 heterocycles. The van der Waals surface area contributed by atoms with Crippen LogP contribution in [-0.4, -0.2) is 11.2 Å². The molecule has 9 heavy (non-hydrogen) atoms. The Morgan fingerprint density at radius 1 is 1.44 bits per heavy atom. The zero-order valence-corrected chi connectivity index (χ0v) is 5.93. The summed E-state index contributed by atoms with van der Waals surface area (Å²) in [4.78, 5) is 0. The van der Waals surface area contributed by atoms with Gasteiger partial charge in [0, 0.05) is 0 Å². The van der Waals surface area contributed by atoms with E-state index in [0.29, 0.717) is 11.3 Å². The van der Waals surface area contributed by atoms with Crippen LogP contribution in [0.2, 0.25) is 0 Å². The van der Waals surface area contributed by atoms with Crippen molar-refractivity contribution in [2.24, 2.45) is 11.3 Å². The van der Waals surface area contributed by atoms with E-state index in [4.69, 9.17) is 0 Å². The number of hydrogen-bond donors (Lipinski definition) is 1. The van der Waals surface area contributed by atoms with E-state index in [2.05, 4.69) is 6.92 Å². The normalized spacial score (nSPS) is 56.7. The van der Waals surface area contributed by atoms with Crippen molar-refractivity contribution >= 4 is 0 Å². The van der Waals surface area contributed by atoms with E-state index in [1.807, 2.05) is 0 Å². The van der Waals surface area contributed by atoms with Crippen molar-refractivity contribution in [2.75, 3.05) is 0 Å². The van der Waals surface area contributed by atoms with Crippen molar-refractivity contribution in [3.63, 3.8) is 0 Å². The average molecular weight is 126 g/mol. The summed E-state index contributed by atoms with van der Waals surface area (Å²) < 4.78 is 0. The predicted octanol–water partition coefficient (Wildman–Crippen LogP) is 1.56. The summed E-state index contributed by atoms with van der Waals surface area (Å²) in [6.07, 6.45) is 5.28. The second-order valence-corrected chi connectivity index (χ2v) is 3.80. The van der Waals surface area contributed by atoms with Gasteiger partial charge in [0.05, 0.1) is 6.10 Å². The zero-order chi connectivity index (χ0) is 6.48. The maximum atomic E-state index is 9.39. The number of rotatable bonds is 0. The number of hydrogen-bond acceptors (Lipinski definition) is 1. The Bertz CT molecular complexity index is 133. The van der Waals surface area contributed by atoms with Gasteiger partial charge < -0.3 is 5.11 Å². The molecular weight excluding hydrogens is 112 g/mol. The summed E-state index contributed by atoms with van der Waals surface area (Å²) in [6, 6.07) is 0. The molecule has 0 aromatic rings. The molecule has 1 nitrogen and oxygen atoms in total. The van der Waals surface area contributed by atoms with Gasteiger partial charge in [0.2, 0.25) is 0 Å². The van der Waals surface area contributed by atoms with E-state index in [9.17, 15) is 5.11 Å². The fourth-order valence-corrected chi connectivity index (χ4v) is 2.33. The van der Waals surface area contributed by atoms with Crippen LogP contribution in [0.3, 0.4) is 0 Å². The Morgan fingerprint density at radius 3 is 2.67 bits per heavy atom. The highest BCUT2D eigenvalue weighted by atomic mass is 16.3. The van der Waals surface area contributed by atoms with Gasteiger partial charge in [0.25, 0.3) is 0 Å². The summed E-state index contributed by atoms with van der Waals surface area (Å²) in [6.45, 7) is 2.22. The lowest BCUT2D eigenvalue weighted by Crippen LogP contribution is -2.04. The van der Waals surface area contributed by atoms with E-state index < -0.39 is 0 Å². The summed E-state index contributed by atoms with van der Waals surface area (Å²) in [7, 11) is 0. The van der Waals surface area contributed by atoms with Crippen LogP contribution in [0.5, 0.6) is 0 Å². The second-order valence-electron chi connectivity index (χ2n) is 3.80. The molecular formula is C8H14O. The van der Waals surface area contributed by atoms with Crippen LogP contribution in [0.15, 0.2) is 0 Å². The molecule has 3 unspecified atom stereocenters. The Balaban J connectivity index is 2.10. The zero-order valence-electron chi connectivity index (χ0n) is 5.93. The van der Waals surface area contributed by atoms with Gasteiger partial charge >= 0.3 is 0 Å². The Hall–Kier alpha value is -0.0400. The quantitative estimate of drug-likeness (QED) is 0.522. The minimum atomic E-state index is 0.0556. The van der Waals surface area contributed by atoms with Gasteiger partial charge in [0.15, 0.2) is 0 Å². The first-order chi connectivity index (χ1) is 4.25. The molecule has 0 saturated heterocycles. The van der Waals surface area contributed by atoms with Crippen LogP contribution in [0.25, 0.3) is 0 Å². The van der Waals surface area contributed by atoms with Crippen molar-refractivity contribution in [3.8, 4) is 0 Å². The van der Waals surface area contributed by atoms with Crippen LogP contribution in [0.1, 0.15) is 32.6 Å². The topological polar surface area (TPSA) is 20.2 Å². The van der Waals surface area contributed by atoms with Gasteiger partial charge in [-0.3, -0.25) is 0 Å². The lowest BCUT2D eigenvalue weighted by molar-refractivity contribution is 0.221. The Kier molecular flexibility index (Phi) is 0.963. The van der Waals surface area contributed by atoms with E-state index >= 15 is 0 Å². The van der Waals surface area contributed by atoms with Gasteiger partial charge in [-0.25, -0.2) is 0 Å². The van der Waals surface area contributed by atoms with Gasteiger partial charge in [-0.05, 0) is 24.2 Å². The van der Waals surface area contributed by atoms with Crippen LogP contribution in [0.4, 0.5) is 0 Å². The number of aliphatic hydroxyl groups is 1. The fourth-order valence-electron chi connectivity index (χ4n) is 2.33. The van der Waals surface area contributed by atoms with Crippen LogP contribution in [0, 0.1) is 11.3 Å². The maximum absolute atomic E-state index is 9.39. The molecule has 2 saturated carbocycles. The predicted molar refractivity (Wildman–Crippen MR) is 36.1 cm³/mol. The summed E-state index contributed by atoms with van der Waals surface area (Å²) in [5.74, 6) is 0.672. The lowest BCUT2D eigenvalue weighted by atomic mass is 9.90. The molecule has 2 fully saturated rings. The molecule has 1 N–H and O–H groups in total. The molecule has 0 bridgehead atoms. The first-order valence-electron chi connectivity index (χ1n) is 3.93. The lowest BCUT2D eigenvalue weighted by Gasteiger charge is -2.14. The molecule has 0 spiro atoms. The summed E-state index contributed by atoms with van der Waals surface area (Å²) in [5.41, 5.74) is 0.359. The van der Waals surface area contributed by atoms with Crippen LogP contribution < -0.4 is 0 Å². The first kappa shape index (κ1) is 5.72. The van der Waals surface area contributed by atoms with Crippen molar-refractivity contribution in [1.29, 1.82) is 0 Å². The maximum Gasteiger partial charge on any atom is 0.0631 e. The average Bonchev–Trinajstić information content (AvgIpc) is 2.38. The molecule has 0 aromatic heterocycles. The van der Waals surface area contributed by atoms with Crippen molar-refractivity contribution < 1.29 is 5.11 Å². The molecule has 0 amide bonds. The Morgan fingerprint density at radius 2 is 2.22 bits per heavy atom. The van der Waals surface area contributed by atoms with Crippen molar-refractivity contribution in [1.82, 2.24) is 0 Å². The van der Waals surface area contributed by atoms with Crippen molar-refractivity contribution in [3.05, 3.63) is 0 Å². The Labute approximate surface area is 56.1 Å². The van der Waals surface area contributed by atoms with E-state index in [0.717, 1.165) is 0 Å². The minimum absolute atomic E-state index is 0.0556. The molecule has 2 rings (SSSR count). The molecule has 3 atom stereocenters. The van der Waals surface area contributed by atoms with Gasteiger partial charge in [-0.15, -0.1) is 0 Å². The monoisotopic (exact) mass is 126 g/mol. The largest absolute Gasteiger partial charge is 0.392 e. The van der Waals surface area contributed by atoms with E-state index in [-0.39, 0.29) is 6.10 Å². The third kappa shape index (κ3) is 0.586. The molecule has 52 valence electrons. The van der Waals surface area contributed by atoms with E-state index in [1.165, 1.54) is 25.7 Å². The van der Waals surface area contributed by atoms with Crippen LogP contribution in [-0.2, 0) is 0 Å².